The van der Waals surface area contributed by atoms with E-state index in [0.29, 0.717) is 0 Å². The standard InChI is InChI=1S/C5H3FN2O2.2C2H6/c6-4-1-2-5(7-3-4)8(9)10;2*1-2/h1-3H;2*1-2H3. The summed E-state index contributed by atoms with van der Waals surface area (Å²) in [6, 6.07) is 2.00. The minimum absolute atomic E-state index is 0.346. The molecule has 0 amide bonds. The summed E-state index contributed by atoms with van der Waals surface area (Å²) >= 11 is 0. The van der Waals surface area contributed by atoms with E-state index >= 15 is 0 Å². The van der Waals surface area contributed by atoms with Gasteiger partial charge in [-0.1, -0.05) is 27.7 Å². The van der Waals surface area contributed by atoms with Crippen LogP contribution in [0.1, 0.15) is 27.7 Å². The Morgan fingerprint density at radius 1 is 1.29 bits per heavy atom. The van der Waals surface area contributed by atoms with Crippen LogP contribution < -0.4 is 0 Å². The summed E-state index contributed by atoms with van der Waals surface area (Å²) in [7, 11) is 0. The average Bonchev–Trinajstić information content (AvgIpc) is 2.24. The van der Waals surface area contributed by atoms with Gasteiger partial charge in [0.1, 0.15) is 0 Å². The van der Waals surface area contributed by atoms with Gasteiger partial charge in [0, 0.05) is 6.07 Å². The summed E-state index contributed by atoms with van der Waals surface area (Å²) in [4.78, 5) is 12.5. The zero-order valence-corrected chi connectivity index (χ0v) is 8.82. The smallest absolute Gasteiger partial charge is 0.358 e. The van der Waals surface area contributed by atoms with Crippen molar-refractivity contribution in [2.75, 3.05) is 0 Å². The molecule has 1 aromatic rings. The molecule has 0 saturated heterocycles. The highest BCUT2D eigenvalue weighted by atomic mass is 19.1. The van der Waals surface area contributed by atoms with Gasteiger partial charge in [-0.2, -0.15) is 0 Å². The van der Waals surface area contributed by atoms with Crippen LogP contribution in [0.3, 0.4) is 0 Å². The van der Waals surface area contributed by atoms with Gasteiger partial charge in [0.2, 0.25) is 0 Å². The highest BCUT2D eigenvalue weighted by Gasteiger charge is 2.04. The maximum Gasteiger partial charge on any atom is 0.363 e. The molecule has 0 spiro atoms. The number of nitrogens with zero attached hydrogens (tertiary/aromatic N) is 2. The molecule has 0 aliphatic rings. The number of aromatic nitrogens is 1. The maximum absolute atomic E-state index is 12.1. The molecule has 0 bridgehead atoms. The van der Waals surface area contributed by atoms with Crippen LogP contribution >= 0.6 is 0 Å². The molecule has 0 aliphatic carbocycles. The molecule has 1 aromatic heterocycles. The maximum atomic E-state index is 12.1. The van der Waals surface area contributed by atoms with Crippen molar-refractivity contribution < 1.29 is 9.31 Å². The van der Waals surface area contributed by atoms with E-state index in [1.807, 2.05) is 27.7 Å². The Morgan fingerprint density at radius 3 is 2.07 bits per heavy atom. The van der Waals surface area contributed by atoms with Crippen molar-refractivity contribution in [2.45, 2.75) is 27.7 Å². The third kappa shape index (κ3) is 6.05. The zero-order valence-electron chi connectivity index (χ0n) is 8.82. The number of hydrogen-bond donors (Lipinski definition) is 0. The first-order valence-electron chi connectivity index (χ1n) is 4.46. The summed E-state index contributed by atoms with van der Waals surface area (Å²) in [5, 5.41) is 9.93. The highest BCUT2D eigenvalue weighted by molar-refractivity contribution is 5.17. The second-order valence-corrected chi connectivity index (χ2v) is 1.59. The van der Waals surface area contributed by atoms with Crippen molar-refractivity contribution in [3.63, 3.8) is 0 Å². The molecule has 0 atom stereocenters. The fourth-order valence-corrected chi connectivity index (χ4v) is 0.476. The zero-order chi connectivity index (χ0) is 11.6. The van der Waals surface area contributed by atoms with Crippen LogP contribution in [0.5, 0.6) is 0 Å². The first kappa shape index (κ1) is 15.0. The predicted molar refractivity (Wildman–Crippen MR) is 53.5 cm³/mol. The Balaban J connectivity index is 0. The summed E-state index contributed by atoms with van der Waals surface area (Å²) in [5.41, 5.74) is 0. The van der Waals surface area contributed by atoms with Gasteiger partial charge in [0.15, 0.2) is 12.0 Å². The molecule has 1 rings (SSSR count). The molecule has 0 aliphatic heterocycles. The van der Waals surface area contributed by atoms with E-state index in [0.717, 1.165) is 18.3 Å². The summed E-state index contributed by atoms with van der Waals surface area (Å²) in [6.45, 7) is 8.00. The van der Waals surface area contributed by atoms with Crippen molar-refractivity contribution in [3.8, 4) is 0 Å². The molecule has 0 saturated carbocycles. The molecular formula is C9H15FN2O2. The summed E-state index contributed by atoms with van der Waals surface area (Å²) in [5.74, 6) is -0.924. The largest absolute Gasteiger partial charge is 0.363 e. The van der Waals surface area contributed by atoms with E-state index in [1.165, 1.54) is 0 Å². The van der Waals surface area contributed by atoms with Crippen molar-refractivity contribution in [3.05, 3.63) is 34.3 Å². The van der Waals surface area contributed by atoms with E-state index in [4.69, 9.17) is 0 Å². The lowest BCUT2D eigenvalue weighted by atomic mass is 10.4. The lowest BCUT2D eigenvalue weighted by Gasteiger charge is -1.88. The number of rotatable bonds is 1. The van der Waals surface area contributed by atoms with Gasteiger partial charge < -0.3 is 10.1 Å². The van der Waals surface area contributed by atoms with Crippen molar-refractivity contribution in [2.24, 2.45) is 0 Å². The lowest BCUT2D eigenvalue weighted by molar-refractivity contribution is -0.389. The quantitative estimate of drug-likeness (QED) is 0.519. The Morgan fingerprint density at radius 2 is 1.79 bits per heavy atom. The molecule has 14 heavy (non-hydrogen) atoms. The second kappa shape index (κ2) is 9.57. The number of pyridine rings is 1. The van der Waals surface area contributed by atoms with Crippen LogP contribution in [-0.2, 0) is 0 Å². The van der Waals surface area contributed by atoms with E-state index in [9.17, 15) is 14.5 Å². The molecule has 0 aromatic carbocycles. The van der Waals surface area contributed by atoms with E-state index in [2.05, 4.69) is 4.98 Å². The van der Waals surface area contributed by atoms with E-state index < -0.39 is 10.7 Å². The Hall–Kier alpha value is -1.52. The van der Waals surface area contributed by atoms with Crippen LogP contribution in [0, 0.1) is 15.9 Å². The van der Waals surface area contributed by atoms with Gasteiger partial charge in [0.05, 0.1) is 0 Å². The molecule has 0 N–H and O–H groups in total. The molecule has 0 unspecified atom stereocenters. The molecule has 4 nitrogen and oxygen atoms in total. The average molecular weight is 202 g/mol. The number of nitro groups is 1. The van der Waals surface area contributed by atoms with Gasteiger partial charge in [0.25, 0.3) is 0 Å². The lowest BCUT2D eigenvalue weighted by Crippen LogP contribution is -1.90. The van der Waals surface area contributed by atoms with Crippen LogP contribution in [0.25, 0.3) is 0 Å². The van der Waals surface area contributed by atoms with Crippen LogP contribution in [0.2, 0.25) is 0 Å². The highest BCUT2D eigenvalue weighted by Crippen LogP contribution is 2.04. The first-order chi connectivity index (χ1) is 6.70. The third-order valence-corrected chi connectivity index (χ3v) is 0.899. The van der Waals surface area contributed by atoms with Crippen LogP contribution in [0.15, 0.2) is 18.3 Å². The Bertz CT molecular complexity index is 249. The molecule has 0 radical (unpaired) electrons. The molecule has 80 valence electrons. The molecule has 0 fully saturated rings. The first-order valence-corrected chi connectivity index (χ1v) is 4.46. The number of hydrogen-bond acceptors (Lipinski definition) is 3. The minimum Gasteiger partial charge on any atom is -0.358 e. The van der Waals surface area contributed by atoms with Crippen LogP contribution in [0.4, 0.5) is 10.2 Å². The van der Waals surface area contributed by atoms with Gasteiger partial charge >= 0.3 is 5.82 Å². The van der Waals surface area contributed by atoms with Crippen molar-refractivity contribution in [1.82, 2.24) is 4.98 Å². The number of halogens is 1. The second-order valence-electron chi connectivity index (χ2n) is 1.59. The Kier molecular flexibility index (Phi) is 10.2. The monoisotopic (exact) mass is 202 g/mol. The van der Waals surface area contributed by atoms with Gasteiger partial charge in [-0.25, -0.2) is 4.39 Å². The normalized spacial score (nSPS) is 7.50. The molecule has 5 heteroatoms. The van der Waals surface area contributed by atoms with Crippen molar-refractivity contribution in [1.29, 1.82) is 0 Å². The predicted octanol–water partition coefficient (Wildman–Crippen LogP) is 3.18. The van der Waals surface area contributed by atoms with Gasteiger partial charge in [-0.05, 0) is 16.0 Å². The van der Waals surface area contributed by atoms with E-state index in [-0.39, 0.29) is 5.82 Å². The van der Waals surface area contributed by atoms with Gasteiger partial charge in [-0.3, -0.25) is 0 Å². The topological polar surface area (TPSA) is 56.0 Å². The van der Waals surface area contributed by atoms with Gasteiger partial charge in [-0.15, -0.1) is 0 Å². The third-order valence-electron chi connectivity index (χ3n) is 0.899. The minimum atomic E-state index is -0.681. The van der Waals surface area contributed by atoms with E-state index in [1.54, 1.807) is 0 Å². The Labute approximate surface area is 82.9 Å². The fourth-order valence-electron chi connectivity index (χ4n) is 0.476. The summed E-state index contributed by atoms with van der Waals surface area (Å²) in [6.07, 6.45) is 0.804. The summed E-state index contributed by atoms with van der Waals surface area (Å²) < 4.78 is 12.1. The molecular weight excluding hydrogens is 187 g/mol. The SMILES string of the molecule is CC.CC.O=[N+]([O-])c1ccc(F)cn1. The van der Waals surface area contributed by atoms with Crippen LogP contribution in [-0.4, -0.2) is 9.91 Å². The molecule has 1 heterocycles. The fraction of sp³-hybridized carbons (Fsp3) is 0.444. The van der Waals surface area contributed by atoms with Crippen molar-refractivity contribution >= 4 is 5.82 Å².